The van der Waals surface area contributed by atoms with Crippen molar-refractivity contribution in [2.75, 3.05) is 17.6 Å². The number of hydrogen-bond donors (Lipinski definition) is 1. The lowest BCUT2D eigenvalue weighted by molar-refractivity contribution is 0.214. The SMILES string of the molecule is CC(C)(C)c1ccc(C2SCCN2C(=O)Nc2cccc(Cl)c2)cc1. The second-order valence-electron chi connectivity index (χ2n) is 7.23. The lowest BCUT2D eigenvalue weighted by atomic mass is 9.87. The van der Waals surface area contributed by atoms with Gasteiger partial charge in [0, 0.05) is 23.0 Å². The fraction of sp³-hybridized carbons (Fsp3) is 0.350. The third-order valence-electron chi connectivity index (χ3n) is 4.29. The Morgan fingerprint density at radius 3 is 2.56 bits per heavy atom. The maximum absolute atomic E-state index is 12.7. The Morgan fingerprint density at radius 1 is 1.20 bits per heavy atom. The van der Waals surface area contributed by atoms with Gasteiger partial charge in [-0.1, -0.05) is 62.7 Å². The standard InChI is InChI=1S/C20H23ClN2OS/c1-20(2,3)15-9-7-14(8-10-15)18-23(11-12-25-18)19(24)22-17-6-4-5-16(21)13-17/h4-10,13,18H,11-12H2,1-3H3,(H,22,24). The number of rotatable bonds is 2. The maximum atomic E-state index is 12.7. The van der Waals surface area contributed by atoms with Gasteiger partial charge in [-0.3, -0.25) is 0 Å². The van der Waals surface area contributed by atoms with Crippen molar-refractivity contribution < 1.29 is 4.79 Å². The van der Waals surface area contributed by atoms with Gasteiger partial charge >= 0.3 is 6.03 Å². The van der Waals surface area contributed by atoms with E-state index in [2.05, 4.69) is 50.4 Å². The zero-order valence-corrected chi connectivity index (χ0v) is 16.3. The van der Waals surface area contributed by atoms with Crippen LogP contribution in [-0.2, 0) is 5.41 Å². The van der Waals surface area contributed by atoms with Crippen LogP contribution in [0.3, 0.4) is 0 Å². The minimum absolute atomic E-state index is 0.0493. The second kappa shape index (κ2) is 7.30. The molecule has 5 heteroatoms. The van der Waals surface area contributed by atoms with E-state index in [1.165, 1.54) is 5.56 Å². The summed E-state index contributed by atoms with van der Waals surface area (Å²) >= 11 is 7.79. The highest BCUT2D eigenvalue weighted by Crippen LogP contribution is 2.39. The summed E-state index contributed by atoms with van der Waals surface area (Å²) in [7, 11) is 0. The van der Waals surface area contributed by atoms with Crippen molar-refractivity contribution in [3.63, 3.8) is 0 Å². The number of halogens is 1. The van der Waals surface area contributed by atoms with Gasteiger partial charge < -0.3 is 10.2 Å². The average molecular weight is 375 g/mol. The van der Waals surface area contributed by atoms with Gasteiger partial charge in [-0.15, -0.1) is 11.8 Å². The van der Waals surface area contributed by atoms with Gasteiger partial charge in [-0.05, 0) is 34.7 Å². The summed E-state index contributed by atoms with van der Waals surface area (Å²) in [6.45, 7) is 7.36. The van der Waals surface area contributed by atoms with Gasteiger partial charge in [-0.2, -0.15) is 0 Å². The lowest BCUT2D eigenvalue weighted by Gasteiger charge is -2.25. The van der Waals surface area contributed by atoms with E-state index in [9.17, 15) is 4.79 Å². The van der Waals surface area contributed by atoms with E-state index >= 15 is 0 Å². The van der Waals surface area contributed by atoms with Crippen molar-refractivity contribution in [2.24, 2.45) is 0 Å². The Morgan fingerprint density at radius 2 is 1.92 bits per heavy atom. The molecule has 1 atom stereocenters. The zero-order valence-electron chi connectivity index (χ0n) is 14.8. The second-order valence-corrected chi connectivity index (χ2v) is 8.85. The Kier molecular flexibility index (Phi) is 5.30. The van der Waals surface area contributed by atoms with Gasteiger partial charge in [0.2, 0.25) is 0 Å². The Hall–Kier alpha value is -1.65. The van der Waals surface area contributed by atoms with E-state index in [-0.39, 0.29) is 16.8 Å². The highest BCUT2D eigenvalue weighted by molar-refractivity contribution is 7.99. The van der Waals surface area contributed by atoms with E-state index in [0.717, 1.165) is 23.5 Å². The molecule has 132 valence electrons. The summed E-state index contributed by atoms with van der Waals surface area (Å²) in [4.78, 5) is 14.6. The van der Waals surface area contributed by atoms with E-state index in [1.807, 2.05) is 17.0 Å². The van der Waals surface area contributed by atoms with Crippen molar-refractivity contribution in [2.45, 2.75) is 31.6 Å². The molecule has 0 aromatic heterocycles. The molecule has 1 aliphatic heterocycles. The smallest absolute Gasteiger partial charge is 0.308 e. The van der Waals surface area contributed by atoms with Gasteiger partial charge in [-0.25, -0.2) is 4.79 Å². The molecule has 1 N–H and O–H groups in total. The first kappa shape index (κ1) is 18.2. The van der Waals surface area contributed by atoms with Crippen molar-refractivity contribution in [3.05, 3.63) is 64.7 Å². The molecule has 2 amide bonds. The van der Waals surface area contributed by atoms with E-state index in [0.29, 0.717) is 5.02 Å². The topological polar surface area (TPSA) is 32.3 Å². The van der Waals surface area contributed by atoms with Crippen molar-refractivity contribution in [1.29, 1.82) is 0 Å². The number of anilines is 1. The summed E-state index contributed by atoms with van der Waals surface area (Å²) in [5.74, 6) is 0.939. The molecule has 0 aliphatic carbocycles. The minimum Gasteiger partial charge on any atom is -0.308 e. The summed E-state index contributed by atoms with van der Waals surface area (Å²) in [5, 5.41) is 3.61. The van der Waals surface area contributed by atoms with Crippen LogP contribution in [0.4, 0.5) is 10.5 Å². The number of nitrogens with one attached hydrogen (secondary N) is 1. The lowest BCUT2D eigenvalue weighted by Crippen LogP contribution is -2.34. The number of carbonyl (C=O) groups is 1. The molecule has 0 spiro atoms. The molecule has 0 saturated carbocycles. The fourth-order valence-corrected chi connectivity index (χ4v) is 4.31. The van der Waals surface area contributed by atoms with Crippen molar-refractivity contribution >= 4 is 35.1 Å². The predicted octanol–water partition coefficient (Wildman–Crippen LogP) is 5.92. The molecular formula is C20H23ClN2OS. The summed E-state index contributed by atoms with van der Waals surface area (Å²) in [6, 6.07) is 15.8. The number of urea groups is 1. The van der Waals surface area contributed by atoms with Crippen LogP contribution in [0.2, 0.25) is 5.02 Å². The molecule has 0 bridgehead atoms. The van der Waals surface area contributed by atoms with Gasteiger partial charge in [0.1, 0.15) is 5.37 Å². The van der Waals surface area contributed by atoms with Gasteiger partial charge in [0.15, 0.2) is 0 Å². The van der Waals surface area contributed by atoms with Crippen LogP contribution in [0.1, 0.15) is 37.3 Å². The first-order valence-electron chi connectivity index (χ1n) is 8.40. The highest BCUT2D eigenvalue weighted by Gasteiger charge is 2.31. The molecule has 2 aromatic rings. The van der Waals surface area contributed by atoms with Crippen LogP contribution < -0.4 is 5.32 Å². The quantitative estimate of drug-likeness (QED) is 0.707. The number of hydrogen-bond acceptors (Lipinski definition) is 2. The van der Waals surface area contributed by atoms with Crippen LogP contribution in [0.15, 0.2) is 48.5 Å². The molecule has 1 aliphatic rings. The molecular weight excluding hydrogens is 352 g/mol. The monoisotopic (exact) mass is 374 g/mol. The number of thioether (sulfide) groups is 1. The number of amides is 2. The summed E-state index contributed by atoms with van der Waals surface area (Å²) in [6.07, 6.45) is 0. The fourth-order valence-electron chi connectivity index (χ4n) is 2.86. The summed E-state index contributed by atoms with van der Waals surface area (Å²) in [5.41, 5.74) is 3.31. The molecule has 0 radical (unpaired) electrons. The van der Waals surface area contributed by atoms with Crippen LogP contribution in [0.25, 0.3) is 0 Å². The molecule has 2 aromatic carbocycles. The van der Waals surface area contributed by atoms with E-state index in [1.54, 1.807) is 23.9 Å². The van der Waals surface area contributed by atoms with E-state index in [4.69, 9.17) is 11.6 Å². The normalized spacial score (nSPS) is 17.6. The van der Waals surface area contributed by atoms with Crippen LogP contribution in [-0.4, -0.2) is 23.2 Å². The molecule has 1 saturated heterocycles. The Labute approximate surface area is 158 Å². The minimum atomic E-state index is -0.0860. The summed E-state index contributed by atoms with van der Waals surface area (Å²) < 4.78 is 0. The van der Waals surface area contributed by atoms with Crippen molar-refractivity contribution in [1.82, 2.24) is 4.90 Å². The third kappa shape index (κ3) is 4.31. The van der Waals surface area contributed by atoms with E-state index < -0.39 is 0 Å². The first-order chi connectivity index (χ1) is 11.8. The Bertz CT molecular complexity index is 755. The highest BCUT2D eigenvalue weighted by atomic mass is 35.5. The number of benzene rings is 2. The largest absolute Gasteiger partial charge is 0.323 e. The number of carbonyl (C=O) groups excluding carboxylic acids is 1. The van der Waals surface area contributed by atoms with Crippen LogP contribution in [0, 0.1) is 0 Å². The molecule has 3 rings (SSSR count). The zero-order chi connectivity index (χ0) is 18.0. The molecule has 1 unspecified atom stereocenters. The third-order valence-corrected chi connectivity index (χ3v) is 5.79. The average Bonchev–Trinajstić information content (AvgIpc) is 3.04. The van der Waals surface area contributed by atoms with Gasteiger partial charge in [0.25, 0.3) is 0 Å². The van der Waals surface area contributed by atoms with Crippen molar-refractivity contribution in [3.8, 4) is 0 Å². The maximum Gasteiger partial charge on any atom is 0.323 e. The first-order valence-corrected chi connectivity index (χ1v) is 9.82. The molecule has 1 heterocycles. The molecule has 25 heavy (non-hydrogen) atoms. The molecule has 3 nitrogen and oxygen atoms in total. The van der Waals surface area contributed by atoms with Gasteiger partial charge in [0.05, 0.1) is 0 Å². The molecule has 1 fully saturated rings. The predicted molar refractivity (Wildman–Crippen MR) is 108 cm³/mol. The van der Waals surface area contributed by atoms with Crippen LogP contribution >= 0.6 is 23.4 Å². The number of nitrogens with zero attached hydrogens (tertiary/aromatic N) is 1. The van der Waals surface area contributed by atoms with Crippen LogP contribution in [0.5, 0.6) is 0 Å². The Balaban J connectivity index is 1.74.